The Morgan fingerprint density at radius 3 is 2.38 bits per heavy atom. The van der Waals surface area contributed by atoms with Crippen molar-refractivity contribution >= 4 is 16.0 Å². The number of primary amides is 1. The first-order valence-corrected chi connectivity index (χ1v) is 6.41. The average Bonchev–Trinajstić information content (AvgIpc) is 2.16. The second-order valence-corrected chi connectivity index (χ2v) is 4.98. The fraction of sp³-hybridized carbons (Fsp3) is 0.300. The average molecular weight is 243 g/mol. The van der Waals surface area contributed by atoms with E-state index in [9.17, 15) is 13.2 Å². The molecule has 1 rings (SSSR count). The summed E-state index contributed by atoms with van der Waals surface area (Å²) in [5.41, 5.74) is 5.85. The number of hydrogen-bond donors (Lipinski definition) is 1. The van der Waals surface area contributed by atoms with Gasteiger partial charge in [0, 0.05) is 6.42 Å². The van der Waals surface area contributed by atoms with Gasteiger partial charge in [-0.25, -0.2) is 0 Å². The van der Waals surface area contributed by atoms with E-state index in [4.69, 9.17) is 5.73 Å². The third-order valence-electron chi connectivity index (χ3n) is 1.87. The van der Waals surface area contributed by atoms with Crippen LogP contribution in [-0.2, 0) is 25.5 Å². The smallest absolute Gasteiger partial charge is 0.265 e. The van der Waals surface area contributed by atoms with Crippen LogP contribution in [0.2, 0.25) is 0 Å². The van der Waals surface area contributed by atoms with E-state index in [1.165, 1.54) is 0 Å². The molecule has 0 aliphatic heterocycles. The number of hydrogen-bond acceptors (Lipinski definition) is 4. The quantitative estimate of drug-likeness (QED) is 0.741. The van der Waals surface area contributed by atoms with Crippen molar-refractivity contribution in [1.29, 1.82) is 0 Å². The van der Waals surface area contributed by atoms with Crippen LogP contribution in [0.3, 0.4) is 0 Å². The predicted molar refractivity (Wildman–Crippen MR) is 59.1 cm³/mol. The molecule has 0 aliphatic rings. The first-order valence-electron chi connectivity index (χ1n) is 4.60. The first-order chi connectivity index (χ1) is 7.38. The Hall–Kier alpha value is -1.40. The molecule has 0 radical (unpaired) electrons. The molecule has 1 aromatic carbocycles. The maximum absolute atomic E-state index is 11.0. The van der Waals surface area contributed by atoms with E-state index < -0.39 is 22.1 Å². The van der Waals surface area contributed by atoms with Crippen molar-refractivity contribution in [3.63, 3.8) is 0 Å². The van der Waals surface area contributed by atoms with Crippen LogP contribution in [0.15, 0.2) is 30.3 Å². The van der Waals surface area contributed by atoms with Crippen molar-refractivity contribution in [2.24, 2.45) is 5.73 Å². The van der Waals surface area contributed by atoms with Crippen LogP contribution in [0, 0.1) is 0 Å². The van der Waals surface area contributed by atoms with Crippen LogP contribution in [-0.4, -0.2) is 26.7 Å². The number of nitrogens with two attached hydrogens (primary N) is 1. The maximum Gasteiger partial charge on any atom is 0.265 e. The van der Waals surface area contributed by atoms with Gasteiger partial charge in [-0.2, -0.15) is 8.42 Å². The van der Waals surface area contributed by atoms with Crippen LogP contribution < -0.4 is 5.73 Å². The Labute approximate surface area is 94.3 Å². The second-order valence-electron chi connectivity index (χ2n) is 3.38. The van der Waals surface area contributed by atoms with E-state index in [0.717, 1.165) is 11.8 Å². The summed E-state index contributed by atoms with van der Waals surface area (Å²) in [6.45, 7) is 0. The summed E-state index contributed by atoms with van der Waals surface area (Å²) >= 11 is 0. The molecule has 1 aromatic rings. The van der Waals surface area contributed by atoms with E-state index in [2.05, 4.69) is 4.18 Å². The lowest BCUT2D eigenvalue weighted by atomic mass is 10.1. The van der Waals surface area contributed by atoms with Gasteiger partial charge in [0.1, 0.15) is 0 Å². The fourth-order valence-electron chi connectivity index (χ4n) is 1.22. The van der Waals surface area contributed by atoms with Gasteiger partial charge in [-0.05, 0) is 5.56 Å². The first kappa shape index (κ1) is 12.7. The molecule has 16 heavy (non-hydrogen) atoms. The van der Waals surface area contributed by atoms with Gasteiger partial charge in [-0.1, -0.05) is 30.3 Å². The van der Waals surface area contributed by atoms with Crippen molar-refractivity contribution in [3.05, 3.63) is 35.9 Å². The van der Waals surface area contributed by atoms with Gasteiger partial charge in [-0.3, -0.25) is 8.98 Å². The zero-order chi connectivity index (χ0) is 12.2. The molecular formula is C10H13NO4S. The highest BCUT2D eigenvalue weighted by molar-refractivity contribution is 7.86. The lowest BCUT2D eigenvalue weighted by molar-refractivity contribution is -0.124. The summed E-state index contributed by atoms with van der Waals surface area (Å²) in [4.78, 5) is 11.0. The third-order valence-corrected chi connectivity index (χ3v) is 2.45. The van der Waals surface area contributed by atoms with Crippen LogP contribution >= 0.6 is 0 Å². The molecule has 0 spiro atoms. The van der Waals surface area contributed by atoms with Crippen molar-refractivity contribution in [3.8, 4) is 0 Å². The van der Waals surface area contributed by atoms with Gasteiger partial charge < -0.3 is 5.73 Å². The van der Waals surface area contributed by atoms with E-state index in [-0.39, 0.29) is 6.42 Å². The molecule has 2 N–H and O–H groups in total. The van der Waals surface area contributed by atoms with Crippen molar-refractivity contribution in [2.75, 3.05) is 6.26 Å². The van der Waals surface area contributed by atoms with Gasteiger partial charge in [0.15, 0.2) is 6.10 Å². The maximum atomic E-state index is 11.0. The number of carbonyl (C=O) groups is 1. The van der Waals surface area contributed by atoms with Crippen LogP contribution in [0.1, 0.15) is 5.56 Å². The van der Waals surface area contributed by atoms with Crippen molar-refractivity contribution in [1.82, 2.24) is 0 Å². The summed E-state index contributed by atoms with van der Waals surface area (Å²) < 4.78 is 26.4. The molecule has 0 aromatic heterocycles. The molecule has 1 amide bonds. The van der Waals surface area contributed by atoms with Crippen LogP contribution in [0.25, 0.3) is 0 Å². The van der Waals surface area contributed by atoms with Crippen molar-refractivity contribution in [2.45, 2.75) is 12.5 Å². The summed E-state index contributed by atoms with van der Waals surface area (Å²) in [5.74, 6) is -0.797. The minimum atomic E-state index is -3.69. The number of amides is 1. The molecule has 1 unspecified atom stereocenters. The number of carbonyl (C=O) groups excluding carboxylic acids is 1. The standard InChI is InChI=1S/C10H13NO4S/c1-16(13,14)15-9(10(11)12)7-8-5-3-2-4-6-8/h2-6,9H,7H2,1H3,(H2,11,12). The summed E-state index contributed by atoms with van der Waals surface area (Å²) in [7, 11) is -3.69. The summed E-state index contributed by atoms with van der Waals surface area (Å²) in [5, 5.41) is 0. The Balaban J connectivity index is 2.77. The van der Waals surface area contributed by atoms with Gasteiger partial charge in [0.05, 0.1) is 6.26 Å². The molecule has 0 saturated heterocycles. The van der Waals surface area contributed by atoms with Gasteiger partial charge >= 0.3 is 0 Å². The minimum Gasteiger partial charge on any atom is -0.367 e. The van der Waals surface area contributed by atoms with Gasteiger partial charge in [0.25, 0.3) is 10.1 Å². The lowest BCUT2D eigenvalue weighted by Gasteiger charge is -2.12. The minimum absolute atomic E-state index is 0.142. The monoisotopic (exact) mass is 243 g/mol. The van der Waals surface area contributed by atoms with E-state index in [1.807, 2.05) is 6.07 Å². The highest BCUT2D eigenvalue weighted by Gasteiger charge is 2.21. The molecule has 1 atom stereocenters. The molecule has 0 bridgehead atoms. The molecule has 5 nitrogen and oxygen atoms in total. The largest absolute Gasteiger partial charge is 0.367 e. The summed E-state index contributed by atoms with van der Waals surface area (Å²) in [6.07, 6.45) is -0.130. The lowest BCUT2D eigenvalue weighted by Crippen LogP contribution is -2.34. The van der Waals surface area contributed by atoms with E-state index in [1.54, 1.807) is 24.3 Å². The van der Waals surface area contributed by atoms with E-state index in [0.29, 0.717) is 0 Å². The van der Waals surface area contributed by atoms with Gasteiger partial charge in [0.2, 0.25) is 5.91 Å². The highest BCUT2D eigenvalue weighted by Crippen LogP contribution is 2.07. The Kier molecular flexibility index (Phi) is 4.03. The molecule has 0 aliphatic carbocycles. The topological polar surface area (TPSA) is 86.5 Å². The van der Waals surface area contributed by atoms with Crippen molar-refractivity contribution < 1.29 is 17.4 Å². The molecule has 6 heteroatoms. The van der Waals surface area contributed by atoms with E-state index >= 15 is 0 Å². The zero-order valence-corrected chi connectivity index (χ0v) is 9.61. The molecule has 0 fully saturated rings. The highest BCUT2D eigenvalue weighted by atomic mass is 32.2. The zero-order valence-electron chi connectivity index (χ0n) is 8.79. The Bertz CT molecular complexity index is 455. The molecule has 88 valence electrons. The SMILES string of the molecule is CS(=O)(=O)OC(Cc1ccccc1)C(N)=O. The Morgan fingerprint density at radius 2 is 1.94 bits per heavy atom. The normalized spacial score (nSPS) is 13.3. The fourth-order valence-corrected chi connectivity index (χ4v) is 1.81. The third kappa shape index (κ3) is 4.41. The van der Waals surface area contributed by atoms with Gasteiger partial charge in [-0.15, -0.1) is 0 Å². The van der Waals surface area contributed by atoms with Crippen LogP contribution in [0.4, 0.5) is 0 Å². The molecule has 0 heterocycles. The molecular weight excluding hydrogens is 230 g/mol. The predicted octanol–water partition coefficient (Wildman–Crippen LogP) is 0.0592. The van der Waals surface area contributed by atoms with Crippen LogP contribution in [0.5, 0.6) is 0 Å². The summed E-state index contributed by atoms with van der Waals surface area (Å²) in [6, 6.07) is 8.92. The molecule has 0 saturated carbocycles. The second kappa shape index (κ2) is 5.09. The Morgan fingerprint density at radius 1 is 1.38 bits per heavy atom. The number of benzene rings is 1. The number of rotatable bonds is 5.